The molecule has 0 aromatic rings. The summed E-state index contributed by atoms with van der Waals surface area (Å²) in [7, 11) is 26.8. The molecule has 0 radical (unpaired) electrons. The van der Waals surface area contributed by atoms with Crippen LogP contribution in [0.1, 0.15) is 0 Å². The predicted molar refractivity (Wildman–Crippen MR) is 58.4 cm³/mol. The second-order valence-electron chi connectivity index (χ2n) is 2.11. The minimum absolute atomic E-state index is 1.69. The third-order valence-electron chi connectivity index (χ3n) is 0. The van der Waals surface area contributed by atoms with Crippen molar-refractivity contribution in [1.82, 2.24) is 0 Å². The molecule has 0 saturated carbocycles. The summed E-state index contributed by atoms with van der Waals surface area (Å²) in [5.41, 5.74) is 0. The van der Waals surface area contributed by atoms with Crippen LogP contribution in [0.4, 0.5) is 0 Å². The normalized spacial score (nSPS) is 12.0. The van der Waals surface area contributed by atoms with Crippen LogP contribution in [0, 0.1) is 0 Å². The van der Waals surface area contributed by atoms with Gasteiger partial charge in [0.1, 0.15) is 0 Å². The van der Waals surface area contributed by atoms with Gasteiger partial charge in [-0.15, -0.1) is 0 Å². The van der Waals surface area contributed by atoms with Gasteiger partial charge in [0.05, 0.1) is 0 Å². The fourth-order valence-corrected chi connectivity index (χ4v) is 0. The summed E-state index contributed by atoms with van der Waals surface area (Å²) in [5, 5.41) is 0. The molecule has 0 atom stereocenters. The molecule has 0 aromatic carbocycles. The van der Waals surface area contributed by atoms with E-state index >= 15 is 0 Å². The Bertz CT molecular complexity index is 57.9. The first-order chi connectivity index (χ1) is 4.00. The van der Waals surface area contributed by atoms with Gasteiger partial charge in [-0.25, -0.2) is 0 Å². The summed E-state index contributed by atoms with van der Waals surface area (Å²) >= 11 is -5.00. The van der Waals surface area contributed by atoms with E-state index in [0.717, 1.165) is 0 Å². The van der Waals surface area contributed by atoms with Gasteiger partial charge < -0.3 is 0 Å². The molecule has 0 saturated heterocycles. The summed E-state index contributed by atoms with van der Waals surface area (Å²) in [5.74, 6) is 0. The van der Waals surface area contributed by atoms with Gasteiger partial charge in [0.15, 0.2) is 0 Å². The van der Waals surface area contributed by atoms with Gasteiger partial charge in [-0.2, -0.15) is 0 Å². The van der Waals surface area contributed by atoms with Crippen LogP contribution in [-0.4, -0.2) is 31.1 Å². The molecule has 0 aromatic heterocycles. The van der Waals surface area contributed by atoms with Gasteiger partial charge in [-0.1, -0.05) is 0 Å². The first kappa shape index (κ1) is 15.5. The van der Waals surface area contributed by atoms with Gasteiger partial charge in [0, 0.05) is 0 Å². The van der Waals surface area contributed by atoms with Crippen molar-refractivity contribution in [3.8, 4) is 0 Å². The molecule has 0 N–H and O–H groups in total. The zero-order valence-corrected chi connectivity index (χ0v) is 15.4. The third kappa shape index (κ3) is 120. The van der Waals surface area contributed by atoms with Crippen molar-refractivity contribution in [1.29, 1.82) is 0 Å². The molecule has 0 aliphatic heterocycles. The van der Waals surface area contributed by atoms with Gasteiger partial charge in [0.25, 0.3) is 0 Å². The molecule has 0 aliphatic rings. The van der Waals surface area contributed by atoms with Crippen molar-refractivity contribution >= 4 is 75.7 Å². The average Bonchev–Trinajstić information content (AvgIpc) is 1.12. The Kier molecular flexibility index (Phi) is 10.1. The average molecular weight is 460 g/mol. The molecule has 0 aliphatic carbocycles. The Hall–Kier alpha value is 3.05. The number of hydrogen-bond donors (Lipinski definition) is 0. The molecule has 0 spiro atoms. The summed E-state index contributed by atoms with van der Waals surface area (Å²) in [4.78, 5) is 5.55. The Morgan fingerprint density at radius 3 is 0.700 bits per heavy atom. The molecule has 0 rings (SSSR count). The van der Waals surface area contributed by atoms with E-state index in [1.807, 2.05) is 9.88 Å². The van der Waals surface area contributed by atoms with Crippen LogP contribution in [0.2, 0.25) is 14.8 Å². The van der Waals surface area contributed by atoms with Gasteiger partial charge in [-0.3, -0.25) is 0 Å². The van der Waals surface area contributed by atoms with Crippen LogP contribution >= 0.6 is 44.6 Å². The van der Waals surface area contributed by atoms with E-state index in [1.165, 1.54) is 0 Å². The van der Waals surface area contributed by atoms with E-state index in [-0.39, 0.29) is 0 Å². The molecular weight excluding hydrogens is 451 g/mol. The van der Waals surface area contributed by atoms with Crippen LogP contribution in [0.3, 0.4) is 0 Å². The zero-order chi connectivity index (χ0) is 9.00. The van der Waals surface area contributed by atoms with Gasteiger partial charge >= 0.3 is 90.5 Å². The summed E-state index contributed by atoms with van der Waals surface area (Å²) in [6.07, 6.45) is 0. The monoisotopic (exact) mass is 460 g/mol. The van der Waals surface area contributed by atoms with Crippen molar-refractivity contribution in [3.63, 3.8) is 0 Å². The Morgan fingerprint density at radius 2 is 0.700 bits per heavy atom. The van der Waals surface area contributed by atoms with E-state index in [0.29, 0.717) is 0 Å². The Balaban J connectivity index is 0. The van der Waals surface area contributed by atoms with Gasteiger partial charge in [-0.05, 0) is 0 Å². The van der Waals surface area contributed by atoms with E-state index in [2.05, 4.69) is 0 Å². The van der Waals surface area contributed by atoms with Crippen molar-refractivity contribution in [2.45, 2.75) is 14.8 Å². The van der Waals surface area contributed by atoms with Crippen molar-refractivity contribution in [2.75, 3.05) is 0 Å². The van der Waals surface area contributed by atoms with Crippen molar-refractivity contribution in [3.05, 3.63) is 0 Å². The fraction of sp³-hybridized carbons (Fsp3) is 1.00. The van der Waals surface area contributed by atoms with Crippen LogP contribution in [0.5, 0.6) is 0 Å². The van der Waals surface area contributed by atoms with E-state index in [9.17, 15) is 0 Å². The van der Waals surface area contributed by atoms with Crippen molar-refractivity contribution < 1.29 is 0 Å². The molecule has 0 heterocycles. The summed E-state index contributed by atoms with van der Waals surface area (Å²) in [6.45, 7) is 0. The topological polar surface area (TPSA) is 0 Å². The Labute approximate surface area is 88.8 Å². The molecule has 0 unspecified atom stereocenters. The van der Waals surface area contributed by atoms with Crippen LogP contribution in [0.15, 0.2) is 0 Å². The van der Waals surface area contributed by atoms with Crippen molar-refractivity contribution in [2.24, 2.45) is 0 Å². The maximum absolute atomic E-state index is 5.51. The first-order valence-electron chi connectivity index (χ1n) is 2.44. The van der Waals surface area contributed by atoms with Crippen LogP contribution < -0.4 is 0 Å². The molecule has 0 bridgehead atoms. The number of rotatable bonds is 0. The molecule has 0 nitrogen and oxygen atoms in total. The standard InChI is InChI=1S/3CH3.5ClH.2Sn/h3*1H3;5*1H;;/q;;;;;;;;+2;+3/p-5. The number of halogens is 5. The molecule has 64 valence electrons. The van der Waals surface area contributed by atoms with Crippen LogP contribution in [-0.2, 0) is 0 Å². The fourth-order valence-electron chi connectivity index (χ4n) is 0. The molecule has 0 amide bonds. The van der Waals surface area contributed by atoms with E-state index in [4.69, 9.17) is 44.6 Å². The quantitative estimate of drug-likeness (QED) is 0.470. The molecule has 0 fully saturated rings. The summed E-state index contributed by atoms with van der Waals surface area (Å²) in [6, 6.07) is 0. The second kappa shape index (κ2) is 6.49. The number of hydrogen-bond acceptors (Lipinski definition) is 0. The first-order valence-corrected chi connectivity index (χ1v) is 29.1. The zero-order valence-electron chi connectivity index (χ0n) is 5.89. The molecular formula is C3H9Cl5Sn2. The Morgan fingerprint density at radius 1 is 0.700 bits per heavy atom. The second-order valence-corrected chi connectivity index (χ2v) is 47.2. The minimum atomic E-state index is -2.76. The van der Waals surface area contributed by atoms with Gasteiger partial charge in [0.2, 0.25) is 0 Å². The maximum atomic E-state index is 5.51. The SMILES string of the molecule is [CH3][Sn]([CH3])([Cl])[Cl].[CH3][Sn]([Cl])([Cl])[Cl]. The van der Waals surface area contributed by atoms with E-state index in [1.54, 1.807) is 4.94 Å². The third-order valence-corrected chi connectivity index (χ3v) is 0. The molecule has 7 heteroatoms. The predicted octanol–water partition coefficient (Wildman–Crippen LogP) is 4.44. The van der Waals surface area contributed by atoms with E-state index < -0.39 is 31.1 Å². The van der Waals surface area contributed by atoms with Crippen LogP contribution in [0.25, 0.3) is 0 Å². The molecule has 10 heavy (non-hydrogen) atoms. The summed E-state index contributed by atoms with van der Waals surface area (Å²) < 4.78 is 0.